The van der Waals surface area contributed by atoms with E-state index in [4.69, 9.17) is 4.74 Å². The van der Waals surface area contributed by atoms with Gasteiger partial charge < -0.3 is 10.1 Å². The van der Waals surface area contributed by atoms with Crippen molar-refractivity contribution in [3.63, 3.8) is 0 Å². The molecule has 1 aliphatic rings. The largest absolute Gasteiger partial charge is 0.378 e. The molecule has 1 aromatic rings. The maximum Gasteiger partial charge on any atom is 0.227 e. The number of carbonyl (C=O) groups is 1. The maximum absolute atomic E-state index is 11.8. The number of amides is 1. The molecule has 1 unspecified atom stereocenters. The Morgan fingerprint density at radius 2 is 2.44 bits per heavy atom. The third kappa shape index (κ3) is 3.78. The summed E-state index contributed by atoms with van der Waals surface area (Å²) in [5.74, 6) is -0.00887. The minimum absolute atomic E-state index is 0.00887. The second-order valence-electron chi connectivity index (χ2n) is 4.57. The molecule has 5 heteroatoms. The monoisotopic (exact) mass is 312 g/mol. The molecule has 0 radical (unpaired) electrons. The lowest BCUT2D eigenvalue weighted by atomic mass is 10.1. The third-order valence-electron chi connectivity index (χ3n) is 2.99. The fraction of sp³-hybridized carbons (Fsp3) is 0.538. The van der Waals surface area contributed by atoms with Crippen LogP contribution < -0.4 is 5.32 Å². The number of hydrogen-bond acceptors (Lipinski definition) is 3. The van der Waals surface area contributed by atoms with Crippen LogP contribution in [0.4, 0.5) is 5.69 Å². The molecule has 1 fully saturated rings. The molecule has 1 aromatic heterocycles. The molecule has 0 bridgehead atoms. The van der Waals surface area contributed by atoms with E-state index in [1.165, 1.54) is 0 Å². The Kier molecular flexibility index (Phi) is 4.72. The molecule has 98 valence electrons. The zero-order valence-corrected chi connectivity index (χ0v) is 12.0. The van der Waals surface area contributed by atoms with Gasteiger partial charge in [0, 0.05) is 6.61 Å². The number of aromatic nitrogens is 1. The third-order valence-corrected chi connectivity index (χ3v) is 3.82. The van der Waals surface area contributed by atoms with E-state index in [-0.39, 0.29) is 12.0 Å². The van der Waals surface area contributed by atoms with E-state index in [1.54, 1.807) is 6.20 Å². The summed E-state index contributed by atoms with van der Waals surface area (Å²) in [6, 6.07) is 1.90. The van der Waals surface area contributed by atoms with E-state index in [9.17, 15) is 4.79 Å². The zero-order chi connectivity index (χ0) is 13.0. The minimum atomic E-state index is -0.00887. The number of rotatable bonds is 3. The van der Waals surface area contributed by atoms with Crippen molar-refractivity contribution in [2.75, 3.05) is 11.9 Å². The van der Waals surface area contributed by atoms with Crippen molar-refractivity contribution in [3.8, 4) is 0 Å². The molecule has 0 aliphatic carbocycles. The van der Waals surface area contributed by atoms with E-state index in [0.717, 1.165) is 41.7 Å². The van der Waals surface area contributed by atoms with Gasteiger partial charge in [-0.3, -0.25) is 4.79 Å². The first-order chi connectivity index (χ1) is 8.65. The minimum Gasteiger partial charge on any atom is -0.378 e. The number of pyridine rings is 1. The molecule has 2 rings (SSSR count). The number of nitrogens with zero attached hydrogens (tertiary/aromatic N) is 1. The molecular formula is C13H17BrN2O2. The molecule has 1 N–H and O–H groups in total. The van der Waals surface area contributed by atoms with Gasteiger partial charge in [0.1, 0.15) is 4.60 Å². The highest BCUT2D eigenvalue weighted by Gasteiger charge is 2.17. The van der Waals surface area contributed by atoms with Crippen LogP contribution in [-0.2, 0) is 9.53 Å². The van der Waals surface area contributed by atoms with Gasteiger partial charge >= 0.3 is 0 Å². The van der Waals surface area contributed by atoms with Gasteiger partial charge in [0.2, 0.25) is 5.91 Å². The molecule has 2 heterocycles. The number of aryl methyl sites for hydroxylation is 1. The van der Waals surface area contributed by atoms with Crippen molar-refractivity contribution >= 4 is 27.5 Å². The Morgan fingerprint density at radius 1 is 1.61 bits per heavy atom. The van der Waals surface area contributed by atoms with Crippen molar-refractivity contribution in [2.45, 2.75) is 38.7 Å². The fourth-order valence-electron chi connectivity index (χ4n) is 2.01. The summed E-state index contributed by atoms with van der Waals surface area (Å²) in [5.41, 5.74) is 1.73. The molecule has 18 heavy (non-hydrogen) atoms. The van der Waals surface area contributed by atoms with Crippen LogP contribution in [0, 0.1) is 6.92 Å². The van der Waals surface area contributed by atoms with Crippen molar-refractivity contribution in [1.29, 1.82) is 0 Å². The standard InChI is InChI=1S/C13H17BrN2O2/c1-9-6-10(8-15-13(9)14)16-12(17)7-11-4-2-3-5-18-11/h6,8,11H,2-5,7H2,1H3,(H,16,17). The number of ether oxygens (including phenoxy) is 1. The van der Waals surface area contributed by atoms with E-state index in [2.05, 4.69) is 26.2 Å². The molecule has 1 saturated heterocycles. The maximum atomic E-state index is 11.8. The topological polar surface area (TPSA) is 51.2 Å². The molecule has 1 aliphatic heterocycles. The first-order valence-corrected chi connectivity index (χ1v) is 6.98. The molecule has 0 spiro atoms. The summed E-state index contributed by atoms with van der Waals surface area (Å²) in [6.07, 6.45) is 5.38. The highest BCUT2D eigenvalue weighted by Crippen LogP contribution is 2.19. The highest BCUT2D eigenvalue weighted by molar-refractivity contribution is 9.10. The van der Waals surface area contributed by atoms with Gasteiger partial charge in [-0.25, -0.2) is 4.98 Å². The van der Waals surface area contributed by atoms with Gasteiger partial charge in [0.15, 0.2) is 0 Å². The number of hydrogen-bond donors (Lipinski definition) is 1. The lowest BCUT2D eigenvalue weighted by molar-refractivity contribution is -0.119. The Bertz CT molecular complexity index is 431. The zero-order valence-electron chi connectivity index (χ0n) is 10.4. The summed E-state index contributed by atoms with van der Waals surface area (Å²) in [6.45, 7) is 2.72. The quantitative estimate of drug-likeness (QED) is 0.873. The van der Waals surface area contributed by atoms with Gasteiger partial charge in [0.25, 0.3) is 0 Å². The van der Waals surface area contributed by atoms with Crippen molar-refractivity contribution in [3.05, 3.63) is 22.4 Å². The Hall–Kier alpha value is -0.940. The number of anilines is 1. The van der Waals surface area contributed by atoms with Gasteiger partial charge in [-0.15, -0.1) is 0 Å². The highest BCUT2D eigenvalue weighted by atomic mass is 79.9. The van der Waals surface area contributed by atoms with Gasteiger partial charge in [-0.1, -0.05) is 0 Å². The predicted molar refractivity (Wildman–Crippen MR) is 73.5 cm³/mol. The number of nitrogens with one attached hydrogen (secondary N) is 1. The van der Waals surface area contributed by atoms with Crippen LogP contribution in [0.25, 0.3) is 0 Å². The van der Waals surface area contributed by atoms with Gasteiger partial charge in [-0.2, -0.15) is 0 Å². The van der Waals surface area contributed by atoms with E-state index < -0.39 is 0 Å². The smallest absolute Gasteiger partial charge is 0.227 e. The Morgan fingerprint density at radius 3 is 3.11 bits per heavy atom. The lowest BCUT2D eigenvalue weighted by Crippen LogP contribution is -2.25. The van der Waals surface area contributed by atoms with Crippen molar-refractivity contribution in [1.82, 2.24) is 4.98 Å². The van der Waals surface area contributed by atoms with Crippen LogP contribution in [-0.4, -0.2) is 23.6 Å². The van der Waals surface area contributed by atoms with Crippen LogP contribution in [0.15, 0.2) is 16.9 Å². The van der Waals surface area contributed by atoms with Crippen LogP contribution >= 0.6 is 15.9 Å². The predicted octanol–water partition coefficient (Wildman–Crippen LogP) is 3.05. The van der Waals surface area contributed by atoms with Crippen molar-refractivity contribution < 1.29 is 9.53 Å². The van der Waals surface area contributed by atoms with E-state index >= 15 is 0 Å². The Labute approximate surface area is 115 Å². The molecule has 0 saturated carbocycles. The Balaban J connectivity index is 1.88. The van der Waals surface area contributed by atoms with Crippen LogP contribution in [0.1, 0.15) is 31.2 Å². The number of halogens is 1. The molecule has 0 aromatic carbocycles. The summed E-state index contributed by atoms with van der Waals surface area (Å²) in [4.78, 5) is 16.0. The van der Waals surface area contributed by atoms with E-state index in [0.29, 0.717) is 6.42 Å². The van der Waals surface area contributed by atoms with Gasteiger partial charge in [-0.05, 0) is 53.7 Å². The SMILES string of the molecule is Cc1cc(NC(=O)CC2CCCCO2)cnc1Br. The van der Waals surface area contributed by atoms with Crippen molar-refractivity contribution in [2.24, 2.45) is 0 Å². The molecule has 4 nitrogen and oxygen atoms in total. The summed E-state index contributed by atoms with van der Waals surface area (Å²) in [5, 5.41) is 2.85. The average molecular weight is 313 g/mol. The lowest BCUT2D eigenvalue weighted by Gasteiger charge is -2.21. The fourth-order valence-corrected chi connectivity index (χ4v) is 2.23. The van der Waals surface area contributed by atoms with Crippen LogP contribution in [0.3, 0.4) is 0 Å². The molecule has 1 atom stereocenters. The van der Waals surface area contributed by atoms with Gasteiger partial charge in [0.05, 0.1) is 24.4 Å². The summed E-state index contributed by atoms with van der Waals surface area (Å²) < 4.78 is 6.35. The van der Waals surface area contributed by atoms with Crippen LogP contribution in [0.2, 0.25) is 0 Å². The normalized spacial score (nSPS) is 19.6. The first kappa shape index (κ1) is 13.5. The second kappa shape index (κ2) is 6.29. The molecule has 1 amide bonds. The molecular weight excluding hydrogens is 296 g/mol. The average Bonchev–Trinajstić information content (AvgIpc) is 2.35. The second-order valence-corrected chi connectivity index (χ2v) is 5.32. The number of carbonyl (C=O) groups excluding carboxylic acids is 1. The van der Waals surface area contributed by atoms with E-state index in [1.807, 2.05) is 13.0 Å². The summed E-state index contributed by atoms with van der Waals surface area (Å²) in [7, 11) is 0. The first-order valence-electron chi connectivity index (χ1n) is 6.19. The van der Waals surface area contributed by atoms with Crippen LogP contribution in [0.5, 0.6) is 0 Å². The summed E-state index contributed by atoms with van der Waals surface area (Å²) >= 11 is 3.33.